The van der Waals surface area contributed by atoms with Crippen LogP contribution in [0.15, 0.2) is 23.9 Å². The number of allylic oxidation sites excluding steroid dienone is 1. The van der Waals surface area contributed by atoms with Gasteiger partial charge in [-0.25, -0.2) is 14.2 Å². The molecule has 8 nitrogen and oxygen atoms in total. The van der Waals surface area contributed by atoms with Gasteiger partial charge in [-0.05, 0) is 38.2 Å². The van der Waals surface area contributed by atoms with E-state index < -0.39 is 5.82 Å². The second-order valence-electron chi connectivity index (χ2n) is 9.03. The van der Waals surface area contributed by atoms with Gasteiger partial charge in [-0.15, -0.1) is 0 Å². The zero-order chi connectivity index (χ0) is 22.2. The molecule has 2 amide bonds. The second kappa shape index (κ2) is 8.41. The number of aromatic nitrogens is 1. The summed E-state index contributed by atoms with van der Waals surface area (Å²) in [5.74, 6) is -0.363. The molecule has 3 saturated heterocycles. The van der Waals surface area contributed by atoms with E-state index in [2.05, 4.69) is 4.98 Å². The predicted octanol–water partition coefficient (Wildman–Crippen LogP) is 2.59. The van der Waals surface area contributed by atoms with Crippen LogP contribution in [0.4, 0.5) is 15.0 Å². The third kappa shape index (κ3) is 3.78. The molecule has 4 aliphatic rings. The van der Waals surface area contributed by atoms with Gasteiger partial charge in [-0.1, -0.05) is 12.0 Å². The summed E-state index contributed by atoms with van der Waals surface area (Å²) in [5, 5.41) is 8.92. The lowest BCUT2D eigenvalue weighted by atomic mass is 9.94. The molecule has 0 bridgehead atoms. The first-order valence-electron chi connectivity index (χ1n) is 11.3. The number of halogens is 1. The molecule has 0 N–H and O–H groups in total. The van der Waals surface area contributed by atoms with Gasteiger partial charge in [0.15, 0.2) is 11.6 Å². The average Bonchev–Trinajstić information content (AvgIpc) is 3.49. The van der Waals surface area contributed by atoms with Gasteiger partial charge >= 0.3 is 6.09 Å². The Hall–Kier alpha value is -3.15. The summed E-state index contributed by atoms with van der Waals surface area (Å²) in [6.07, 6.45) is 8.65. The quantitative estimate of drug-likeness (QED) is 0.673. The summed E-state index contributed by atoms with van der Waals surface area (Å²) >= 11 is 0. The highest BCUT2D eigenvalue weighted by atomic mass is 19.1. The Labute approximate surface area is 186 Å². The van der Waals surface area contributed by atoms with Gasteiger partial charge in [0.25, 0.3) is 0 Å². The minimum Gasteiger partial charge on any atom is -0.442 e. The molecule has 32 heavy (non-hydrogen) atoms. The van der Waals surface area contributed by atoms with E-state index in [9.17, 15) is 14.0 Å². The number of carbonyl (C=O) groups is 2. The summed E-state index contributed by atoms with van der Waals surface area (Å²) < 4.78 is 20.0. The number of amides is 2. The summed E-state index contributed by atoms with van der Waals surface area (Å²) in [7, 11) is 0. The molecular weight excluding hydrogens is 413 g/mol. The molecule has 3 aliphatic heterocycles. The Kier molecular flexibility index (Phi) is 5.45. The van der Waals surface area contributed by atoms with Crippen molar-refractivity contribution >= 4 is 17.8 Å². The number of pyridine rings is 1. The summed E-state index contributed by atoms with van der Waals surface area (Å²) in [6, 6.07) is 2.73. The molecule has 4 fully saturated rings. The Morgan fingerprint density at radius 1 is 1.25 bits per heavy atom. The fourth-order valence-corrected chi connectivity index (χ4v) is 5.37. The fourth-order valence-electron chi connectivity index (χ4n) is 5.37. The molecule has 168 valence electrons. The van der Waals surface area contributed by atoms with Crippen molar-refractivity contribution in [2.45, 2.75) is 56.7 Å². The van der Waals surface area contributed by atoms with Gasteiger partial charge in [0.1, 0.15) is 12.2 Å². The summed E-state index contributed by atoms with van der Waals surface area (Å²) in [5.41, 5.74) is 1.39. The normalized spacial score (nSPS) is 27.4. The van der Waals surface area contributed by atoms with E-state index in [1.165, 1.54) is 24.3 Å². The Morgan fingerprint density at radius 2 is 2.06 bits per heavy atom. The van der Waals surface area contributed by atoms with Crippen molar-refractivity contribution < 1.29 is 18.7 Å². The average molecular weight is 439 g/mol. The molecule has 3 atom stereocenters. The monoisotopic (exact) mass is 439 g/mol. The molecule has 1 unspecified atom stereocenters. The third-order valence-corrected chi connectivity index (χ3v) is 7.00. The van der Waals surface area contributed by atoms with Crippen LogP contribution < -0.4 is 4.90 Å². The van der Waals surface area contributed by atoms with Gasteiger partial charge in [0.2, 0.25) is 5.91 Å². The van der Waals surface area contributed by atoms with E-state index >= 15 is 0 Å². The Balaban J connectivity index is 1.25. The number of carbonyl (C=O) groups excluding carboxylic acids is 2. The van der Waals surface area contributed by atoms with Gasteiger partial charge in [-0.2, -0.15) is 5.26 Å². The molecule has 1 saturated carbocycles. The summed E-state index contributed by atoms with van der Waals surface area (Å²) in [6.45, 7) is 1.86. The molecule has 9 heteroatoms. The first-order valence-corrected chi connectivity index (χ1v) is 11.3. The number of rotatable bonds is 3. The van der Waals surface area contributed by atoms with Crippen LogP contribution in [0.25, 0.3) is 0 Å². The third-order valence-electron chi connectivity index (χ3n) is 7.00. The highest BCUT2D eigenvalue weighted by molar-refractivity contribution is 5.88. The van der Waals surface area contributed by atoms with E-state index in [-0.39, 0.29) is 41.6 Å². The van der Waals surface area contributed by atoms with Gasteiger partial charge in [0.05, 0.1) is 24.2 Å². The van der Waals surface area contributed by atoms with Crippen molar-refractivity contribution in [3.8, 4) is 6.07 Å². The van der Waals surface area contributed by atoms with E-state index in [1.807, 2.05) is 11.0 Å². The number of fused-ring (bicyclic) bond motifs is 1. The van der Waals surface area contributed by atoms with Crippen molar-refractivity contribution in [3.63, 3.8) is 0 Å². The van der Waals surface area contributed by atoms with E-state index in [0.29, 0.717) is 32.6 Å². The zero-order valence-corrected chi connectivity index (χ0v) is 17.9. The molecule has 1 aliphatic carbocycles. The lowest BCUT2D eigenvalue weighted by molar-refractivity contribution is -0.125. The first kappa shape index (κ1) is 20.7. The van der Waals surface area contributed by atoms with Crippen LogP contribution in [0.3, 0.4) is 0 Å². The summed E-state index contributed by atoms with van der Waals surface area (Å²) in [4.78, 5) is 34.8. The van der Waals surface area contributed by atoms with E-state index in [0.717, 1.165) is 25.7 Å². The molecule has 1 aromatic rings. The van der Waals surface area contributed by atoms with Crippen molar-refractivity contribution in [1.82, 2.24) is 14.8 Å². The number of nitriles is 1. The number of likely N-dealkylation sites (tertiary alicyclic amines) is 1. The van der Waals surface area contributed by atoms with Crippen LogP contribution in [-0.4, -0.2) is 71.2 Å². The van der Waals surface area contributed by atoms with Crippen LogP contribution in [0.1, 0.15) is 44.1 Å². The van der Waals surface area contributed by atoms with Gasteiger partial charge in [0, 0.05) is 31.9 Å². The maximum Gasteiger partial charge on any atom is 0.410 e. The van der Waals surface area contributed by atoms with Crippen molar-refractivity contribution in [3.05, 3.63) is 35.3 Å². The van der Waals surface area contributed by atoms with E-state index in [1.54, 1.807) is 15.9 Å². The highest BCUT2D eigenvalue weighted by Crippen LogP contribution is 2.34. The van der Waals surface area contributed by atoms with E-state index in [4.69, 9.17) is 10.00 Å². The van der Waals surface area contributed by atoms with Crippen LogP contribution in [0, 0.1) is 17.1 Å². The lowest BCUT2D eigenvalue weighted by Gasteiger charge is -2.28. The molecular formula is C23H26FN5O3. The number of hydrogen-bond donors (Lipinski definition) is 0. The highest BCUT2D eigenvalue weighted by Gasteiger charge is 2.51. The molecule has 0 spiro atoms. The van der Waals surface area contributed by atoms with Crippen molar-refractivity contribution in [1.29, 1.82) is 5.26 Å². The topological polar surface area (TPSA) is 89.8 Å². The predicted molar refractivity (Wildman–Crippen MR) is 113 cm³/mol. The maximum absolute atomic E-state index is 14.4. The number of anilines is 1. The van der Waals surface area contributed by atoms with Crippen LogP contribution in [0.2, 0.25) is 0 Å². The van der Waals surface area contributed by atoms with Crippen molar-refractivity contribution in [2.75, 3.05) is 31.1 Å². The zero-order valence-electron chi connectivity index (χ0n) is 17.9. The van der Waals surface area contributed by atoms with Gasteiger partial charge in [-0.3, -0.25) is 9.69 Å². The minimum atomic E-state index is -0.560. The molecule has 5 rings (SSSR count). The molecule has 1 aromatic heterocycles. The smallest absolute Gasteiger partial charge is 0.410 e. The number of nitrogens with zero attached hydrogens (tertiary/aromatic N) is 5. The SMILES string of the molecule is N#Cc1cnc(N2C[C@@H]3OC(=O)N(C4CCN(C(=O)C=C5CCCCC5)C4)[C@@H]3C2)c(F)c1. The molecule has 0 radical (unpaired) electrons. The largest absolute Gasteiger partial charge is 0.442 e. The maximum atomic E-state index is 14.4. The van der Waals surface area contributed by atoms with Crippen LogP contribution in [0.5, 0.6) is 0 Å². The van der Waals surface area contributed by atoms with Crippen LogP contribution in [-0.2, 0) is 9.53 Å². The van der Waals surface area contributed by atoms with Crippen LogP contribution >= 0.6 is 0 Å². The minimum absolute atomic E-state index is 0.0328. The first-order chi connectivity index (χ1) is 15.5. The Bertz CT molecular complexity index is 998. The number of hydrogen-bond acceptors (Lipinski definition) is 6. The lowest BCUT2D eigenvalue weighted by Crippen LogP contribution is -2.46. The fraction of sp³-hybridized carbons (Fsp3) is 0.565. The standard InChI is InChI=1S/C23H26FN5O3/c24-18-8-16(10-25)11-26-22(18)28-13-19-20(14-28)32-23(31)29(19)17-6-7-27(12-17)21(30)9-15-4-2-1-3-5-15/h8-9,11,17,19-20H,1-7,12-14H2/t17?,19-,20+/m1/s1. The molecule has 0 aromatic carbocycles. The molecule has 4 heterocycles. The second-order valence-corrected chi connectivity index (χ2v) is 9.03. The van der Waals surface area contributed by atoms with Gasteiger partial charge < -0.3 is 14.5 Å². The Morgan fingerprint density at radius 3 is 2.81 bits per heavy atom. The number of ether oxygens (including phenoxy) is 1. The van der Waals surface area contributed by atoms with Crippen molar-refractivity contribution in [2.24, 2.45) is 0 Å².